The predicted octanol–water partition coefficient (Wildman–Crippen LogP) is 3.34. The Hall–Kier alpha value is -3.13. The molecule has 3 aromatic rings. The zero-order valence-electron chi connectivity index (χ0n) is 16.7. The fraction of sp³-hybridized carbons (Fsp3) is 0.273. The Bertz CT molecular complexity index is 1170. The maximum atomic E-state index is 13.4. The summed E-state index contributed by atoms with van der Waals surface area (Å²) in [5, 5.41) is 9.88. The first-order valence-electron chi connectivity index (χ1n) is 9.40. The second kappa shape index (κ2) is 8.71. The third kappa shape index (κ3) is 5.07. The van der Waals surface area contributed by atoms with Crippen molar-refractivity contribution in [1.82, 2.24) is 4.90 Å². The maximum Gasteiger partial charge on any atom is 0.308 e. The normalized spacial score (nSPS) is 12.6. The van der Waals surface area contributed by atoms with Crippen LogP contribution in [-0.4, -0.2) is 43.1 Å². The van der Waals surface area contributed by atoms with Crippen LogP contribution in [0.5, 0.6) is 0 Å². The van der Waals surface area contributed by atoms with Crippen LogP contribution in [0, 0.1) is 5.92 Å². The Kier molecular flexibility index (Phi) is 6.26. The average Bonchev–Trinajstić information content (AvgIpc) is 3.04. The van der Waals surface area contributed by atoms with Gasteiger partial charge in [-0.05, 0) is 11.6 Å². The Labute approximate surface area is 174 Å². The Morgan fingerprint density at radius 1 is 1.07 bits per heavy atom. The molecule has 1 aromatic heterocycles. The molecule has 0 radical (unpaired) electrons. The van der Waals surface area contributed by atoms with Gasteiger partial charge in [-0.2, -0.15) is 0 Å². The first-order valence-corrected chi connectivity index (χ1v) is 11.5. The van der Waals surface area contributed by atoms with Crippen molar-refractivity contribution in [2.45, 2.75) is 19.2 Å². The van der Waals surface area contributed by atoms with Gasteiger partial charge in [-0.1, -0.05) is 55.5 Å². The van der Waals surface area contributed by atoms with Crippen LogP contribution in [0.3, 0.4) is 0 Å². The molecule has 8 heteroatoms. The molecular weight excluding hydrogens is 406 g/mol. The van der Waals surface area contributed by atoms with Crippen molar-refractivity contribution in [1.29, 1.82) is 0 Å². The summed E-state index contributed by atoms with van der Waals surface area (Å²) in [6.07, 6.45) is 1.09. The summed E-state index contributed by atoms with van der Waals surface area (Å²) < 4.78 is 29.8. The number of benzene rings is 2. The molecule has 1 atom stereocenters. The third-order valence-electron chi connectivity index (χ3n) is 4.72. The molecule has 1 N–H and O–H groups in total. The molecule has 3 rings (SSSR count). The fourth-order valence-corrected chi connectivity index (χ4v) is 4.06. The smallest absolute Gasteiger partial charge is 0.308 e. The van der Waals surface area contributed by atoms with E-state index < -0.39 is 27.6 Å². The highest BCUT2D eigenvalue weighted by Gasteiger charge is 2.29. The lowest BCUT2D eigenvalue weighted by molar-refractivity contribution is -0.141. The fourth-order valence-electron chi connectivity index (χ4n) is 3.25. The molecule has 0 saturated heterocycles. The van der Waals surface area contributed by atoms with Crippen molar-refractivity contribution in [2.75, 3.05) is 12.8 Å². The van der Waals surface area contributed by atoms with Crippen LogP contribution in [0.1, 0.15) is 28.6 Å². The van der Waals surface area contributed by atoms with Gasteiger partial charge in [0.25, 0.3) is 5.91 Å². The highest BCUT2D eigenvalue weighted by Crippen LogP contribution is 2.29. The summed E-state index contributed by atoms with van der Waals surface area (Å²) in [5.74, 6) is -2.79. The van der Waals surface area contributed by atoms with Gasteiger partial charge in [-0.15, -0.1) is 0 Å². The van der Waals surface area contributed by atoms with Gasteiger partial charge in [0.1, 0.15) is 5.58 Å². The maximum absolute atomic E-state index is 13.4. The summed E-state index contributed by atoms with van der Waals surface area (Å²) >= 11 is 0. The minimum atomic E-state index is -3.44. The van der Waals surface area contributed by atoms with E-state index >= 15 is 0 Å². The summed E-state index contributed by atoms with van der Waals surface area (Å²) in [7, 11) is -3.44. The van der Waals surface area contributed by atoms with Crippen LogP contribution in [0.2, 0.25) is 0 Å². The number of rotatable bonds is 8. The highest BCUT2D eigenvalue weighted by molar-refractivity contribution is 7.89. The number of carbonyl (C=O) groups is 2. The number of furan rings is 1. The standard InChI is InChI=1S/C22H23NO6S/c1-15(22(25)26)12-23(13-16-8-4-3-5-9-16)21(24)20-18(14-30(2,27)28)17-10-6-7-11-19(17)29-20/h3-11,15H,12-14H2,1-2H3,(H,25,26)/t15-/m0/s1. The first kappa shape index (κ1) is 21.6. The molecule has 0 aliphatic carbocycles. The number of aliphatic carboxylic acids is 1. The lowest BCUT2D eigenvalue weighted by Gasteiger charge is -2.24. The molecule has 7 nitrogen and oxygen atoms in total. The molecular formula is C22H23NO6S. The second-order valence-electron chi connectivity index (χ2n) is 7.39. The van der Waals surface area contributed by atoms with Crippen molar-refractivity contribution in [3.63, 3.8) is 0 Å². The second-order valence-corrected chi connectivity index (χ2v) is 9.53. The van der Waals surface area contributed by atoms with E-state index in [-0.39, 0.29) is 24.6 Å². The van der Waals surface area contributed by atoms with Crippen molar-refractivity contribution >= 4 is 32.7 Å². The van der Waals surface area contributed by atoms with Gasteiger partial charge < -0.3 is 14.4 Å². The van der Waals surface area contributed by atoms with Gasteiger partial charge in [-0.25, -0.2) is 8.42 Å². The zero-order chi connectivity index (χ0) is 21.9. The average molecular weight is 429 g/mol. The first-order chi connectivity index (χ1) is 14.2. The number of sulfone groups is 1. The molecule has 0 aliphatic rings. The van der Waals surface area contributed by atoms with Crippen molar-refractivity contribution < 1.29 is 27.5 Å². The van der Waals surface area contributed by atoms with E-state index in [1.54, 1.807) is 24.3 Å². The summed E-state index contributed by atoms with van der Waals surface area (Å²) in [6.45, 7) is 1.65. The molecule has 158 valence electrons. The highest BCUT2D eigenvalue weighted by atomic mass is 32.2. The molecule has 0 saturated carbocycles. The molecule has 0 spiro atoms. The number of fused-ring (bicyclic) bond motifs is 1. The minimum absolute atomic E-state index is 0.0432. The third-order valence-corrected chi connectivity index (χ3v) is 5.53. The van der Waals surface area contributed by atoms with Gasteiger partial charge in [0.2, 0.25) is 0 Å². The van der Waals surface area contributed by atoms with Gasteiger partial charge in [0, 0.05) is 30.3 Å². The largest absolute Gasteiger partial charge is 0.481 e. The van der Waals surface area contributed by atoms with Crippen molar-refractivity contribution in [3.05, 3.63) is 71.5 Å². The summed E-state index contributed by atoms with van der Waals surface area (Å²) in [4.78, 5) is 26.2. The van der Waals surface area contributed by atoms with Gasteiger partial charge in [0.15, 0.2) is 15.6 Å². The quantitative estimate of drug-likeness (QED) is 0.589. The van der Waals surface area contributed by atoms with E-state index in [0.29, 0.717) is 16.5 Å². The predicted molar refractivity (Wildman–Crippen MR) is 113 cm³/mol. The number of para-hydroxylation sites is 1. The van der Waals surface area contributed by atoms with Crippen LogP contribution in [0.25, 0.3) is 11.0 Å². The van der Waals surface area contributed by atoms with E-state index in [0.717, 1.165) is 11.8 Å². The van der Waals surface area contributed by atoms with Gasteiger partial charge >= 0.3 is 5.97 Å². The number of nitrogens with zero attached hydrogens (tertiary/aromatic N) is 1. The number of hydrogen-bond donors (Lipinski definition) is 1. The Balaban J connectivity index is 2.05. The van der Waals surface area contributed by atoms with E-state index in [4.69, 9.17) is 4.42 Å². The minimum Gasteiger partial charge on any atom is -0.481 e. The van der Waals surface area contributed by atoms with E-state index in [2.05, 4.69) is 0 Å². The molecule has 30 heavy (non-hydrogen) atoms. The Morgan fingerprint density at radius 3 is 2.33 bits per heavy atom. The van der Waals surface area contributed by atoms with Crippen molar-refractivity contribution in [2.24, 2.45) is 5.92 Å². The van der Waals surface area contributed by atoms with Crippen LogP contribution < -0.4 is 0 Å². The van der Waals surface area contributed by atoms with Crippen LogP contribution in [0.4, 0.5) is 0 Å². The van der Waals surface area contributed by atoms with Crippen molar-refractivity contribution in [3.8, 4) is 0 Å². The lowest BCUT2D eigenvalue weighted by Crippen LogP contribution is -2.36. The number of carbonyl (C=O) groups excluding carboxylic acids is 1. The van der Waals surface area contributed by atoms with Gasteiger partial charge in [-0.3, -0.25) is 9.59 Å². The van der Waals surface area contributed by atoms with E-state index in [1.165, 1.54) is 11.8 Å². The molecule has 0 unspecified atom stereocenters. The molecule has 1 amide bonds. The molecule has 0 fully saturated rings. The summed E-state index contributed by atoms with van der Waals surface area (Å²) in [6, 6.07) is 16.0. The number of hydrogen-bond acceptors (Lipinski definition) is 5. The van der Waals surface area contributed by atoms with Crippen LogP contribution >= 0.6 is 0 Å². The SMILES string of the molecule is C[C@@H](CN(Cc1ccccc1)C(=O)c1oc2ccccc2c1CS(C)(=O)=O)C(=O)O. The van der Waals surface area contributed by atoms with Crippen LogP contribution in [0.15, 0.2) is 59.0 Å². The lowest BCUT2D eigenvalue weighted by atomic mass is 10.1. The molecule has 0 bridgehead atoms. The monoisotopic (exact) mass is 429 g/mol. The zero-order valence-corrected chi connectivity index (χ0v) is 17.6. The topological polar surface area (TPSA) is 105 Å². The molecule has 0 aliphatic heterocycles. The number of amides is 1. The number of carboxylic acids is 1. The van der Waals surface area contributed by atoms with Crippen LogP contribution in [-0.2, 0) is 26.9 Å². The van der Waals surface area contributed by atoms with Gasteiger partial charge in [0.05, 0.1) is 11.7 Å². The molecule has 2 aromatic carbocycles. The number of carboxylic acid groups (broad SMARTS) is 1. The van der Waals surface area contributed by atoms with E-state index in [1.807, 2.05) is 30.3 Å². The van der Waals surface area contributed by atoms with E-state index in [9.17, 15) is 23.1 Å². The summed E-state index contributed by atoms with van der Waals surface area (Å²) in [5.41, 5.74) is 1.52. The molecule has 1 heterocycles. The Morgan fingerprint density at radius 2 is 1.70 bits per heavy atom.